The molecule has 0 amide bonds. The molecule has 0 atom stereocenters. The van der Waals surface area contributed by atoms with E-state index in [9.17, 15) is 13.2 Å². The molecule has 6 heteroatoms. The van der Waals surface area contributed by atoms with Crippen LogP contribution in [0.1, 0.15) is 12.5 Å². The first-order valence-electron chi connectivity index (χ1n) is 7.73. The van der Waals surface area contributed by atoms with Crippen molar-refractivity contribution in [2.24, 2.45) is 0 Å². The molecule has 0 aliphatic heterocycles. The summed E-state index contributed by atoms with van der Waals surface area (Å²) < 4.78 is 52.1. The monoisotopic (exact) mass is 347 g/mol. The van der Waals surface area contributed by atoms with Crippen LogP contribution in [0.15, 0.2) is 48.5 Å². The first kappa shape index (κ1) is 17.1. The van der Waals surface area contributed by atoms with Crippen LogP contribution in [0.3, 0.4) is 0 Å². The summed E-state index contributed by atoms with van der Waals surface area (Å²) in [6, 6.07) is 13.1. The zero-order valence-corrected chi connectivity index (χ0v) is 13.7. The number of ether oxygens (including phenoxy) is 2. The Morgan fingerprint density at radius 3 is 2.36 bits per heavy atom. The maximum atomic E-state index is 13.9. The molecule has 2 aromatic carbocycles. The van der Waals surface area contributed by atoms with Crippen molar-refractivity contribution in [3.8, 4) is 22.8 Å². The van der Waals surface area contributed by atoms with Crippen LogP contribution in [-0.4, -0.2) is 18.7 Å². The van der Waals surface area contributed by atoms with Gasteiger partial charge in [0.2, 0.25) is 0 Å². The van der Waals surface area contributed by atoms with Crippen LogP contribution in [0.25, 0.3) is 22.2 Å². The van der Waals surface area contributed by atoms with E-state index in [2.05, 4.69) is 4.98 Å². The second kappa shape index (κ2) is 6.63. The van der Waals surface area contributed by atoms with Gasteiger partial charge >= 0.3 is 6.18 Å². The molecule has 3 rings (SSSR count). The standard InChI is InChI=1S/C19H16F3NO2/c1-3-25-18-16(19(20,21)22)14-11-13(24-2)9-10-15(14)23-17(18)12-7-5-4-6-8-12/h4-11H,3H2,1-2H3. The van der Waals surface area contributed by atoms with Gasteiger partial charge in [0.05, 0.1) is 19.2 Å². The Kier molecular flexibility index (Phi) is 4.53. The SMILES string of the molecule is CCOc1c(-c2ccccc2)nc2ccc(OC)cc2c1C(F)(F)F. The molecule has 0 aliphatic carbocycles. The number of rotatable bonds is 4. The summed E-state index contributed by atoms with van der Waals surface area (Å²) in [5.74, 6) is 0.0664. The Morgan fingerprint density at radius 1 is 1.04 bits per heavy atom. The van der Waals surface area contributed by atoms with E-state index in [0.717, 1.165) is 0 Å². The fourth-order valence-electron chi connectivity index (χ4n) is 2.71. The smallest absolute Gasteiger partial charge is 0.420 e. The van der Waals surface area contributed by atoms with Gasteiger partial charge in [0, 0.05) is 10.9 Å². The number of halogens is 3. The molecule has 3 nitrogen and oxygen atoms in total. The number of benzene rings is 2. The lowest BCUT2D eigenvalue weighted by atomic mass is 10.0. The second-order valence-electron chi connectivity index (χ2n) is 5.34. The maximum Gasteiger partial charge on any atom is 0.420 e. The minimum atomic E-state index is -4.60. The summed E-state index contributed by atoms with van der Waals surface area (Å²) in [5.41, 5.74) is 0.133. The average Bonchev–Trinajstić information content (AvgIpc) is 2.60. The number of nitrogens with zero attached hydrogens (tertiary/aromatic N) is 1. The molecule has 1 heterocycles. The van der Waals surface area contributed by atoms with Crippen molar-refractivity contribution in [1.82, 2.24) is 4.98 Å². The summed E-state index contributed by atoms with van der Waals surface area (Å²) in [4.78, 5) is 4.43. The van der Waals surface area contributed by atoms with Crippen LogP contribution in [-0.2, 0) is 6.18 Å². The van der Waals surface area contributed by atoms with E-state index in [1.165, 1.54) is 19.2 Å². The summed E-state index contributed by atoms with van der Waals surface area (Å²) in [7, 11) is 1.41. The minimum Gasteiger partial charge on any atom is -0.497 e. The van der Waals surface area contributed by atoms with Crippen LogP contribution >= 0.6 is 0 Å². The van der Waals surface area contributed by atoms with E-state index in [0.29, 0.717) is 11.3 Å². The zero-order chi connectivity index (χ0) is 18.0. The molecule has 0 N–H and O–H groups in total. The van der Waals surface area contributed by atoms with Gasteiger partial charge in [-0.05, 0) is 25.1 Å². The topological polar surface area (TPSA) is 31.4 Å². The van der Waals surface area contributed by atoms with Crippen molar-refractivity contribution in [3.63, 3.8) is 0 Å². The van der Waals surface area contributed by atoms with Gasteiger partial charge in [-0.2, -0.15) is 13.2 Å². The summed E-state index contributed by atoms with van der Waals surface area (Å²) in [6.45, 7) is 1.74. The molecule has 3 aromatic rings. The second-order valence-corrected chi connectivity index (χ2v) is 5.34. The highest BCUT2D eigenvalue weighted by atomic mass is 19.4. The van der Waals surface area contributed by atoms with Crippen molar-refractivity contribution < 1.29 is 22.6 Å². The molecule has 0 saturated heterocycles. The van der Waals surface area contributed by atoms with Crippen molar-refractivity contribution in [2.45, 2.75) is 13.1 Å². The molecule has 1 aromatic heterocycles. The fraction of sp³-hybridized carbons (Fsp3) is 0.211. The van der Waals surface area contributed by atoms with Crippen molar-refractivity contribution in [2.75, 3.05) is 13.7 Å². The third kappa shape index (κ3) is 3.24. The van der Waals surface area contributed by atoms with Gasteiger partial charge in [0.25, 0.3) is 0 Å². The molecular weight excluding hydrogens is 331 g/mol. The van der Waals surface area contributed by atoms with Crippen LogP contribution < -0.4 is 9.47 Å². The number of hydrogen-bond donors (Lipinski definition) is 0. The highest BCUT2D eigenvalue weighted by Crippen LogP contribution is 2.45. The van der Waals surface area contributed by atoms with Crippen LogP contribution in [0, 0.1) is 0 Å². The van der Waals surface area contributed by atoms with E-state index in [4.69, 9.17) is 9.47 Å². The van der Waals surface area contributed by atoms with Crippen LogP contribution in [0.4, 0.5) is 13.2 Å². The largest absolute Gasteiger partial charge is 0.497 e. The zero-order valence-electron chi connectivity index (χ0n) is 13.7. The Balaban J connectivity index is 2.43. The lowest BCUT2D eigenvalue weighted by molar-refractivity contribution is -0.137. The molecule has 0 spiro atoms. The molecule has 0 fully saturated rings. The number of fused-ring (bicyclic) bond motifs is 1. The highest BCUT2D eigenvalue weighted by Gasteiger charge is 2.39. The van der Waals surface area contributed by atoms with Crippen LogP contribution in [0.2, 0.25) is 0 Å². The number of aromatic nitrogens is 1. The predicted molar refractivity (Wildman–Crippen MR) is 89.9 cm³/mol. The molecule has 0 radical (unpaired) electrons. The predicted octanol–water partition coefficient (Wildman–Crippen LogP) is 5.33. The van der Waals surface area contributed by atoms with Crippen molar-refractivity contribution in [1.29, 1.82) is 0 Å². The Morgan fingerprint density at radius 2 is 1.76 bits per heavy atom. The molecule has 130 valence electrons. The van der Waals surface area contributed by atoms with E-state index in [1.807, 2.05) is 0 Å². The molecule has 0 saturated carbocycles. The Bertz CT molecular complexity index is 893. The molecular formula is C19H16F3NO2. The van der Waals surface area contributed by atoms with Gasteiger partial charge in [0.15, 0.2) is 5.75 Å². The number of hydrogen-bond acceptors (Lipinski definition) is 3. The normalized spacial score (nSPS) is 11.6. The highest BCUT2D eigenvalue weighted by molar-refractivity contribution is 5.90. The molecule has 0 unspecified atom stereocenters. The number of alkyl halides is 3. The average molecular weight is 347 g/mol. The van der Waals surface area contributed by atoms with Crippen LogP contribution in [0.5, 0.6) is 11.5 Å². The Labute approximate surface area is 143 Å². The first-order valence-corrected chi connectivity index (χ1v) is 7.73. The Hall–Kier alpha value is -2.76. The molecule has 0 bridgehead atoms. The van der Waals surface area contributed by atoms with E-state index in [1.54, 1.807) is 43.3 Å². The van der Waals surface area contributed by atoms with Gasteiger partial charge in [0.1, 0.15) is 17.0 Å². The van der Waals surface area contributed by atoms with E-state index < -0.39 is 11.7 Å². The summed E-state index contributed by atoms with van der Waals surface area (Å²) >= 11 is 0. The first-order chi connectivity index (χ1) is 12.0. The maximum absolute atomic E-state index is 13.9. The summed E-state index contributed by atoms with van der Waals surface area (Å²) in [5, 5.41) is -0.0463. The molecule has 25 heavy (non-hydrogen) atoms. The number of pyridine rings is 1. The summed E-state index contributed by atoms with van der Waals surface area (Å²) in [6.07, 6.45) is -4.60. The van der Waals surface area contributed by atoms with Gasteiger partial charge in [-0.15, -0.1) is 0 Å². The van der Waals surface area contributed by atoms with Gasteiger partial charge in [-0.1, -0.05) is 30.3 Å². The van der Waals surface area contributed by atoms with Crippen molar-refractivity contribution in [3.05, 3.63) is 54.1 Å². The third-order valence-electron chi connectivity index (χ3n) is 3.77. The van der Waals surface area contributed by atoms with E-state index in [-0.39, 0.29) is 29.0 Å². The van der Waals surface area contributed by atoms with Gasteiger partial charge < -0.3 is 9.47 Å². The third-order valence-corrected chi connectivity index (χ3v) is 3.77. The van der Waals surface area contributed by atoms with Crippen molar-refractivity contribution >= 4 is 10.9 Å². The van der Waals surface area contributed by atoms with Gasteiger partial charge in [-0.25, -0.2) is 4.98 Å². The lowest BCUT2D eigenvalue weighted by Crippen LogP contribution is -2.12. The number of methoxy groups -OCH3 is 1. The molecule has 0 aliphatic rings. The van der Waals surface area contributed by atoms with E-state index >= 15 is 0 Å². The lowest BCUT2D eigenvalue weighted by Gasteiger charge is -2.19. The quantitative estimate of drug-likeness (QED) is 0.639. The van der Waals surface area contributed by atoms with Gasteiger partial charge in [-0.3, -0.25) is 0 Å². The minimum absolute atomic E-state index is 0.0463. The fourth-order valence-corrected chi connectivity index (χ4v) is 2.71.